The fourth-order valence-corrected chi connectivity index (χ4v) is 1.91. The van der Waals surface area contributed by atoms with Crippen LogP contribution in [0.15, 0.2) is 0 Å². The Labute approximate surface area is 160 Å². The Morgan fingerprint density at radius 3 is 2.00 bits per heavy atom. The monoisotopic (exact) mass is 406 g/mol. The van der Waals surface area contributed by atoms with Crippen molar-refractivity contribution in [2.75, 3.05) is 6.61 Å². The van der Waals surface area contributed by atoms with Crippen LogP contribution in [-0.4, -0.2) is 86.4 Å². The lowest BCUT2D eigenvalue weighted by atomic mass is 10.1. The highest BCUT2D eigenvalue weighted by Crippen LogP contribution is 2.10. The number of primary amides is 1. The van der Waals surface area contributed by atoms with E-state index >= 15 is 0 Å². The largest absolute Gasteiger partial charge is 0.480 e. The maximum absolute atomic E-state index is 12.6. The Bertz CT molecular complexity index is 631. The molecule has 0 rings (SSSR count). The van der Waals surface area contributed by atoms with Gasteiger partial charge in [0, 0.05) is 0 Å². The molecule has 0 fully saturated rings. The van der Waals surface area contributed by atoms with E-state index in [1.54, 1.807) is 20.8 Å². The molecule has 8 N–H and O–H groups in total. The van der Waals surface area contributed by atoms with Gasteiger partial charge in [0.1, 0.15) is 17.7 Å². The average molecular weight is 406 g/mol. The molecule has 0 aliphatic heterocycles. The Balaban J connectivity index is 5.71. The van der Waals surface area contributed by atoms with Gasteiger partial charge >= 0.3 is 12.1 Å². The fourth-order valence-electron chi connectivity index (χ4n) is 1.91. The molecule has 0 heterocycles. The molecule has 4 amide bonds. The third-order valence-electron chi connectivity index (χ3n) is 3.27. The number of carboxylic acids is 1. The summed E-state index contributed by atoms with van der Waals surface area (Å²) in [5, 5.41) is 30.1. The van der Waals surface area contributed by atoms with Crippen LogP contribution >= 0.6 is 0 Å². The first-order valence-corrected chi connectivity index (χ1v) is 8.07. The summed E-state index contributed by atoms with van der Waals surface area (Å²) in [7, 11) is 0. The molecule has 0 saturated carbocycles. The van der Waals surface area contributed by atoms with Crippen molar-refractivity contribution in [2.45, 2.75) is 57.5 Å². The number of rotatable bonds is 8. The second-order valence-electron chi connectivity index (χ2n) is 6.82. The number of alkyl carbamates (subject to hydrolysis) is 1. The van der Waals surface area contributed by atoms with Crippen LogP contribution in [0.5, 0.6) is 0 Å². The number of nitrogens with two attached hydrogens (primary N) is 2. The number of carbonyl (C=O) groups excluding carboxylic acids is 4. The van der Waals surface area contributed by atoms with Crippen molar-refractivity contribution in [2.24, 2.45) is 11.5 Å². The van der Waals surface area contributed by atoms with Crippen molar-refractivity contribution in [3.8, 4) is 0 Å². The summed E-state index contributed by atoms with van der Waals surface area (Å²) < 4.78 is 4.95. The van der Waals surface area contributed by atoms with E-state index in [1.807, 2.05) is 0 Å². The number of carboxylic acid groups (broad SMARTS) is 1. The number of hydrogen-bond donors (Lipinski definition) is 6. The number of carbonyl (C=O) groups is 5. The van der Waals surface area contributed by atoms with Crippen molar-refractivity contribution >= 4 is 29.8 Å². The van der Waals surface area contributed by atoms with E-state index in [2.05, 4.69) is 5.32 Å². The van der Waals surface area contributed by atoms with E-state index in [0.29, 0.717) is 0 Å². The quantitative estimate of drug-likeness (QED) is 0.238. The number of amides is 4. The van der Waals surface area contributed by atoms with E-state index in [1.165, 1.54) is 0 Å². The standard InChI is InChI=1S/C15H26N4O9/c1-6(18-14(27)28-15(2,3)4)11(23)19(7(5-20)13(25)26)12(24)8(16)9(21)10(17)22/h6-9,20-21H,5,16H2,1-4H3,(H2,17,22)(H,18,27)(H,25,26)/t6-,7+,8+,9+/m1/s1. The molecule has 0 unspecified atom stereocenters. The van der Waals surface area contributed by atoms with Gasteiger partial charge in [0.05, 0.1) is 6.61 Å². The Hall–Kier alpha value is -2.77. The predicted octanol–water partition coefficient (Wildman–Crippen LogP) is -3.13. The number of imide groups is 1. The molecular formula is C15H26N4O9. The number of aliphatic hydroxyl groups is 2. The molecule has 0 aliphatic carbocycles. The lowest BCUT2D eigenvalue weighted by Gasteiger charge is -2.31. The predicted molar refractivity (Wildman–Crippen MR) is 92.4 cm³/mol. The van der Waals surface area contributed by atoms with Gasteiger partial charge in [-0.05, 0) is 27.7 Å². The van der Waals surface area contributed by atoms with Gasteiger partial charge in [-0.3, -0.25) is 19.3 Å². The first-order valence-electron chi connectivity index (χ1n) is 8.07. The maximum atomic E-state index is 12.6. The zero-order chi connectivity index (χ0) is 22.4. The Morgan fingerprint density at radius 1 is 1.14 bits per heavy atom. The number of aliphatic carboxylic acids is 1. The van der Waals surface area contributed by atoms with Crippen LogP contribution in [0.25, 0.3) is 0 Å². The molecule has 13 nitrogen and oxygen atoms in total. The van der Waals surface area contributed by atoms with Crippen LogP contribution in [0.4, 0.5) is 4.79 Å². The molecule has 0 spiro atoms. The van der Waals surface area contributed by atoms with E-state index in [9.17, 15) is 39.3 Å². The normalized spacial score (nSPS) is 15.5. The minimum Gasteiger partial charge on any atom is -0.480 e. The second-order valence-corrected chi connectivity index (χ2v) is 6.82. The molecule has 0 radical (unpaired) electrons. The third kappa shape index (κ3) is 7.09. The number of nitrogens with zero attached hydrogens (tertiary/aromatic N) is 1. The zero-order valence-electron chi connectivity index (χ0n) is 15.9. The van der Waals surface area contributed by atoms with Crippen molar-refractivity contribution in [1.29, 1.82) is 0 Å². The van der Waals surface area contributed by atoms with Crippen LogP contribution in [-0.2, 0) is 23.9 Å². The molecule has 13 heteroatoms. The minimum atomic E-state index is -2.22. The topological polar surface area (TPSA) is 223 Å². The molecule has 0 saturated heterocycles. The zero-order valence-corrected chi connectivity index (χ0v) is 15.9. The molecular weight excluding hydrogens is 380 g/mol. The van der Waals surface area contributed by atoms with Gasteiger partial charge in [-0.2, -0.15) is 0 Å². The summed E-state index contributed by atoms with van der Waals surface area (Å²) in [6.45, 7) is 4.62. The minimum absolute atomic E-state index is 0.0429. The number of ether oxygens (including phenoxy) is 1. The molecule has 160 valence electrons. The Morgan fingerprint density at radius 2 is 1.64 bits per heavy atom. The maximum Gasteiger partial charge on any atom is 0.408 e. The van der Waals surface area contributed by atoms with Gasteiger partial charge in [-0.25, -0.2) is 9.59 Å². The summed E-state index contributed by atoms with van der Waals surface area (Å²) in [5.74, 6) is -5.92. The van der Waals surface area contributed by atoms with Crippen LogP contribution in [0.2, 0.25) is 0 Å². The SMILES string of the molecule is C[C@@H](NC(=O)OC(C)(C)C)C(=O)N(C(=O)[C@@H](N)[C@H](O)C(N)=O)[C@@H](CO)C(=O)O. The average Bonchev–Trinajstić information content (AvgIpc) is 2.54. The van der Waals surface area contributed by atoms with Crippen molar-refractivity contribution in [3.63, 3.8) is 0 Å². The Kier molecular flexibility index (Phi) is 8.98. The molecule has 0 aliphatic rings. The first-order chi connectivity index (χ1) is 12.6. The van der Waals surface area contributed by atoms with E-state index < -0.39 is 66.2 Å². The molecule has 28 heavy (non-hydrogen) atoms. The highest BCUT2D eigenvalue weighted by atomic mass is 16.6. The number of nitrogens with one attached hydrogen (secondary N) is 1. The summed E-state index contributed by atoms with van der Waals surface area (Å²) in [6, 6.07) is -5.65. The lowest BCUT2D eigenvalue weighted by molar-refractivity contribution is -0.162. The molecule has 0 aromatic rings. The third-order valence-corrected chi connectivity index (χ3v) is 3.27. The highest BCUT2D eigenvalue weighted by Gasteiger charge is 2.42. The van der Waals surface area contributed by atoms with Gasteiger partial charge in [0.2, 0.25) is 11.8 Å². The summed E-state index contributed by atoms with van der Waals surface area (Å²) in [6.07, 6.45) is -3.25. The first kappa shape index (κ1) is 25.2. The van der Waals surface area contributed by atoms with Gasteiger partial charge in [0.25, 0.3) is 5.91 Å². The summed E-state index contributed by atoms with van der Waals surface area (Å²) >= 11 is 0. The van der Waals surface area contributed by atoms with Crippen molar-refractivity contribution in [1.82, 2.24) is 10.2 Å². The van der Waals surface area contributed by atoms with Gasteiger partial charge in [-0.15, -0.1) is 0 Å². The number of hydrogen-bond acceptors (Lipinski definition) is 9. The van der Waals surface area contributed by atoms with E-state index in [0.717, 1.165) is 6.92 Å². The van der Waals surface area contributed by atoms with E-state index in [-0.39, 0.29) is 4.90 Å². The smallest absolute Gasteiger partial charge is 0.408 e. The van der Waals surface area contributed by atoms with Gasteiger partial charge < -0.3 is 36.8 Å². The fraction of sp³-hybridized carbons (Fsp3) is 0.667. The number of aliphatic hydroxyl groups excluding tert-OH is 2. The second kappa shape index (κ2) is 9.96. The molecule has 0 aromatic carbocycles. The van der Waals surface area contributed by atoms with Crippen molar-refractivity contribution < 1.29 is 44.0 Å². The molecule has 0 aromatic heterocycles. The summed E-state index contributed by atoms with van der Waals surface area (Å²) in [5.41, 5.74) is 9.34. The van der Waals surface area contributed by atoms with Crippen LogP contribution in [0, 0.1) is 0 Å². The lowest BCUT2D eigenvalue weighted by Crippen LogP contribution is -2.63. The van der Waals surface area contributed by atoms with Crippen LogP contribution in [0.1, 0.15) is 27.7 Å². The van der Waals surface area contributed by atoms with Crippen LogP contribution in [0.3, 0.4) is 0 Å². The van der Waals surface area contributed by atoms with Crippen molar-refractivity contribution in [3.05, 3.63) is 0 Å². The highest BCUT2D eigenvalue weighted by molar-refractivity contribution is 6.05. The van der Waals surface area contributed by atoms with Gasteiger partial charge in [-0.1, -0.05) is 0 Å². The van der Waals surface area contributed by atoms with Gasteiger partial charge in [0.15, 0.2) is 12.1 Å². The molecule has 4 atom stereocenters. The summed E-state index contributed by atoms with van der Waals surface area (Å²) in [4.78, 5) is 59.2. The van der Waals surface area contributed by atoms with E-state index in [4.69, 9.17) is 16.2 Å². The van der Waals surface area contributed by atoms with Crippen LogP contribution < -0.4 is 16.8 Å². The molecule has 0 bridgehead atoms.